The second kappa shape index (κ2) is 7.04. The van der Waals surface area contributed by atoms with Gasteiger partial charge in [0.1, 0.15) is 0 Å². The number of amides is 1. The van der Waals surface area contributed by atoms with Gasteiger partial charge in [-0.25, -0.2) is 0 Å². The van der Waals surface area contributed by atoms with E-state index >= 15 is 0 Å². The predicted octanol–water partition coefficient (Wildman–Crippen LogP) is 1.30. The Morgan fingerprint density at radius 3 is 2.71 bits per heavy atom. The molecule has 3 N–H and O–H groups in total. The van der Waals surface area contributed by atoms with E-state index in [0.717, 1.165) is 17.7 Å². The lowest BCUT2D eigenvalue weighted by atomic mass is 10.1. The average molecular weight is 286 g/mol. The minimum Gasteiger partial charge on any atom is -0.351 e. The number of carbonyl (C=O) groups is 1. The summed E-state index contributed by atoms with van der Waals surface area (Å²) in [6.07, 6.45) is 3.22. The lowest BCUT2D eigenvalue weighted by molar-refractivity contribution is -0.122. The summed E-state index contributed by atoms with van der Waals surface area (Å²) in [7, 11) is 1.88. The summed E-state index contributed by atoms with van der Waals surface area (Å²) in [5.41, 5.74) is 9.20. The monoisotopic (exact) mass is 286 g/mol. The molecular weight excluding hydrogens is 264 g/mol. The van der Waals surface area contributed by atoms with Crippen molar-refractivity contribution in [2.24, 2.45) is 12.8 Å². The van der Waals surface area contributed by atoms with Gasteiger partial charge in [-0.15, -0.1) is 0 Å². The zero-order valence-electron chi connectivity index (χ0n) is 12.5. The second-order valence-corrected chi connectivity index (χ2v) is 5.23. The molecule has 1 unspecified atom stereocenters. The van der Waals surface area contributed by atoms with Crippen LogP contribution >= 0.6 is 0 Å². The average Bonchev–Trinajstić information content (AvgIpc) is 2.83. The summed E-state index contributed by atoms with van der Waals surface area (Å²) in [5.74, 6) is -0.116. The van der Waals surface area contributed by atoms with Crippen molar-refractivity contribution in [3.8, 4) is 0 Å². The van der Waals surface area contributed by atoms with Gasteiger partial charge in [-0.3, -0.25) is 9.48 Å². The number of hydrogen-bond acceptors (Lipinski definition) is 3. The quantitative estimate of drug-likeness (QED) is 0.841. The summed E-state index contributed by atoms with van der Waals surface area (Å²) in [5, 5.41) is 7.02. The molecule has 0 aliphatic heterocycles. The molecule has 0 aliphatic carbocycles. The van der Waals surface area contributed by atoms with Crippen LogP contribution in [0.2, 0.25) is 0 Å². The molecule has 112 valence electrons. The number of carbonyl (C=O) groups excluding carboxylic acids is 1. The van der Waals surface area contributed by atoms with E-state index in [1.165, 1.54) is 5.56 Å². The summed E-state index contributed by atoms with van der Waals surface area (Å²) < 4.78 is 1.79. The molecule has 0 bridgehead atoms. The predicted molar refractivity (Wildman–Crippen MR) is 82.5 cm³/mol. The number of benzene rings is 1. The van der Waals surface area contributed by atoms with Crippen molar-refractivity contribution in [1.29, 1.82) is 0 Å². The standard InChI is InChI=1S/C16H22N4O/c1-12-14(11-19-20(12)2)10-18-16(21)15(17)9-8-13-6-4-3-5-7-13/h3-7,11,15H,8-10,17H2,1-2H3,(H,18,21). The van der Waals surface area contributed by atoms with Gasteiger partial charge >= 0.3 is 0 Å². The first-order chi connectivity index (χ1) is 10.1. The number of nitrogens with two attached hydrogens (primary N) is 1. The lowest BCUT2D eigenvalue weighted by Crippen LogP contribution is -2.40. The minimum atomic E-state index is -0.484. The molecule has 1 heterocycles. The maximum absolute atomic E-state index is 12.0. The van der Waals surface area contributed by atoms with Gasteiger partial charge in [0.25, 0.3) is 0 Å². The molecule has 1 amide bonds. The molecule has 5 heteroatoms. The van der Waals surface area contributed by atoms with Gasteiger partial charge < -0.3 is 11.1 Å². The summed E-state index contributed by atoms with van der Waals surface area (Å²) in [6.45, 7) is 2.45. The molecule has 1 atom stereocenters. The van der Waals surface area contributed by atoms with Crippen molar-refractivity contribution >= 4 is 5.91 Å². The van der Waals surface area contributed by atoms with Crippen LogP contribution in [-0.2, 0) is 24.8 Å². The highest BCUT2D eigenvalue weighted by Crippen LogP contribution is 2.06. The first-order valence-electron chi connectivity index (χ1n) is 7.12. The van der Waals surface area contributed by atoms with Crippen molar-refractivity contribution in [2.45, 2.75) is 32.4 Å². The van der Waals surface area contributed by atoms with E-state index < -0.39 is 6.04 Å². The van der Waals surface area contributed by atoms with Crippen molar-refractivity contribution < 1.29 is 4.79 Å². The Kier molecular flexibility index (Phi) is 5.11. The second-order valence-electron chi connectivity index (χ2n) is 5.23. The minimum absolute atomic E-state index is 0.116. The van der Waals surface area contributed by atoms with E-state index in [1.807, 2.05) is 44.3 Å². The van der Waals surface area contributed by atoms with Crippen LogP contribution in [0.15, 0.2) is 36.5 Å². The maximum Gasteiger partial charge on any atom is 0.237 e. The molecular formula is C16H22N4O. The SMILES string of the molecule is Cc1c(CNC(=O)C(N)CCc2ccccc2)cnn1C. The molecule has 0 aliphatic rings. The number of nitrogens with one attached hydrogen (secondary N) is 1. The largest absolute Gasteiger partial charge is 0.351 e. The number of nitrogens with zero attached hydrogens (tertiary/aromatic N) is 2. The molecule has 2 rings (SSSR count). The molecule has 5 nitrogen and oxygen atoms in total. The van der Waals surface area contributed by atoms with Gasteiger partial charge in [0.2, 0.25) is 5.91 Å². The number of rotatable bonds is 6. The van der Waals surface area contributed by atoms with Gasteiger partial charge in [0.15, 0.2) is 0 Å². The Labute approximate surface area is 125 Å². The fourth-order valence-electron chi connectivity index (χ4n) is 2.13. The molecule has 0 spiro atoms. The lowest BCUT2D eigenvalue weighted by Gasteiger charge is -2.12. The molecule has 0 saturated heterocycles. The Bertz CT molecular complexity index is 592. The van der Waals surface area contributed by atoms with E-state index in [0.29, 0.717) is 13.0 Å². The van der Waals surface area contributed by atoms with E-state index in [-0.39, 0.29) is 5.91 Å². The van der Waals surface area contributed by atoms with Crippen LogP contribution in [0.1, 0.15) is 23.2 Å². The van der Waals surface area contributed by atoms with Crippen LogP contribution in [0.5, 0.6) is 0 Å². The summed E-state index contributed by atoms with van der Waals surface area (Å²) in [6, 6.07) is 9.57. The van der Waals surface area contributed by atoms with Crippen LogP contribution in [0.3, 0.4) is 0 Å². The maximum atomic E-state index is 12.0. The summed E-state index contributed by atoms with van der Waals surface area (Å²) >= 11 is 0. The normalized spacial score (nSPS) is 12.1. The highest BCUT2D eigenvalue weighted by atomic mass is 16.2. The zero-order chi connectivity index (χ0) is 15.2. The van der Waals surface area contributed by atoms with Gasteiger partial charge in [-0.1, -0.05) is 30.3 Å². The molecule has 21 heavy (non-hydrogen) atoms. The van der Waals surface area contributed by atoms with Crippen molar-refractivity contribution in [2.75, 3.05) is 0 Å². The third-order valence-electron chi connectivity index (χ3n) is 3.71. The topological polar surface area (TPSA) is 72.9 Å². The van der Waals surface area contributed by atoms with Crippen LogP contribution in [0, 0.1) is 6.92 Å². The van der Waals surface area contributed by atoms with E-state index in [2.05, 4.69) is 10.4 Å². The third kappa shape index (κ3) is 4.16. The molecule has 0 fully saturated rings. The van der Waals surface area contributed by atoms with Crippen LogP contribution in [-0.4, -0.2) is 21.7 Å². The first-order valence-corrected chi connectivity index (χ1v) is 7.12. The van der Waals surface area contributed by atoms with Gasteiger partial charge in [0.05, 0.1) is 12.2 Å². The molecule has 0 saturated carbocycles. The fourth-order valence-corrected chi connectivity index (χ4v) is 2.13. The van der Waals surface area contributed by atoms with Crippen LogP contribution in [0.4, 0.5) is 0 Å². The Hall–Kier alpha value is -2.14. The van der Waals surface area contributed by atoms with Crippen LogP contribution in [0.25, 0.3) is 0 Å². The van der Waals surface area contributed by atoms with E-state index in [1.54, 1.807) is 10.9 Å². The molecule has 2 aromatic rings. The first kappa shape index (κ1) is 15.3. The zero-order valence-corrected chi connectivity index (χ0v) is 12.5. The molecule has 0 radical (unpaired) electrons. The van der Waals surface area contributed by atoms with Crippen molar-refractivity contribution in [3.05, 3.63) is 53.3 Å². The smallest absolute Gasteiger partial charge is 0.237 e. The Morgan fingerprint density at radius 2 is 2.10 bits per heavy atom. The van der Waals surface area contributed by atoms with E-state index in [9.17, 15) is 4.79 Å². The summed E-state index contributed by atoms with van der Waals surface area (Å²) in [4.78, 5) is 12.0. The van der Waals surface area contributed by atoms with Crippen molar-refractivity contribution in [1.82, 2.24) is 15.1 Å². The number of aryl methyl sites for hydroxylation is 2. The van der Waals surface area contributed by atoms with Crippen LogP contribution < -0.4 is 11.1 Å². The van der Waals surface area contributed by atoms with Crippen molar-refractivity contribution in [3.63, 3.8) is 0 Å². The van der Waals surface area contributed by atoms with Gasteiger partial charge in [-0.05, 0) is 25.3 Å². The molecule has 1 aromatic carbocycles. The number of aromatic nitrogens is 2. The van der Waals surface area contributed by atoms with Gasteiger partial charge in [-0.2, -0.15) is 5.10 Å². The third-order valence-corrected chi connectivity index (χ3v) is 3.71. The van der Waals surface area contributed by atoms with E-state index in [4.69, 9.17) is 5.73 Å². The fraction of sp³-hybridized carbons (Fsp3) is 0.375. The Morgan fingerprint density at radius 1 is 1.38 bits per heavy atom. The molecule has 1 aromatic heterocycles. The van der Waals surface area contributed by atoms with Gasteiger partial charge in [0, 0.05) is 24.8 Å². The highest BCUT2D eigenvalue weighted by Gasteiger charge is 2.14. The number of hydrogen-bond donors (Lipinski definition) is 2. The Balaban J connectivity index is 1.79. The highest BCUT2D eigenvalue weighted by molar-refractivity contribution is 5.81.